The maximum Gasteiger partial charge on any atom is -0.0116 e. The Morgan fingerprint density at radius 3 is 3.07 bits per heavy atom. The molecule has 0 nitrogen and oxygen atoms in total. The number of hydrogen-bond acceptors (Lipinski definition) is 0. The highest BCUT2D eigenvalue weighted by Crippen LogP contribution is 2.49. The molecule has 2 rings (SSSR count). The molecule has 0 bridgehead atoms. The first-order chi connectivity index (χ1) is 6.74. The Balaban J connectivity index is 2.04. The largest absolute Gasteiger partial charge is 0.0848 e. The summed E-state index contributed by atoms with van der Waals surface area (Å²) in [5.41, 5.74) is 2.43. The van der Waals surface area contributed by atoms with Gasteiger partial charge in [0.1, 0.15) is 0 Å². The third-order valence-corrected chi connectivity index (χ3v) is 4.41. The van der Waals surface area contributed by atoms with Gasteiger partial charge < -0.3 is 0 Å². The Morgan fingerprint density at radius 1 is 1.43 bits per heavy atom. The first-order valence-corrected chi connectivity index (χ1v) is 6.44. The van der Waals surface area contributed by atoms with E-state index < -0.39 is 0 Å². The summed E-state index contributed by atoms with van der Waals surface area (Å²) in [5.74, 6) is 1.01. The van der Waals surface area contributed by atoms with Crippen LogP contribution in [0, 0.1) is 11.3 Å². The SMILES string of the molecule is CCC[C@H]1CCC2(C)CCCC=C2C1. The average Bonchev–Trinajstić information content (AvgIpc) is 2.19. The normalized spacial score (nSPS) is 37.6. The zero-order chi connectivity index (χ0) is 10.0. The Kier molecular flexibility index (Phi) is 2.99. The lowest BCUT2D eigenvalue weighted by atomic mass is 9.63. The summed E-state index contributed by atoms with van der Waals surface area (Å²) in [6, 6.07) is 0. The maximum atomic E-state index is 2.56. The topological polar surface area (TPSA) is 0 Å². The van der Waals surface area contributed by atoms with Crippen molar-refractivity contribution < 1.29 is 0 Å². The Bertz CT molecular complexity index is 226. The summed E-state index contributed by atoms with van der Waals surface area (Å²) in [6.07, 6.45) is 14.0. The minimum atomic E-state index is 0.614. The van der Waals surface area contributed by atoms with Gasteiger partial charge in [-0.25, -0.2) is 0 Å². The summed E-state index contributed by atoms with van der Waals surface area (Å²) in [4.78, 5) is 0. The fraction of sp³-hybridized carbons (Fsp3) is 0.857. The van der Waals surface area contributed by atoms with Crippen molar-refractivity contribution in [3.05, 3.63) is 11.6 Å². The van der Waals surface area contributed by atoms with Crippen molar-refractivity contribution in [1.29, 1.82) is 0 Å². The van der Waals surface area contributed by atoms with Crippen molar-refractivity contribution >= 4 is 0 Å². The molecule has 0 aromatic carbocycles. The first kappa shape index (κ1) is 10.3. The molecule has 0 N–H and O–H groups in total. The third-order valence-electron chi connectivity index (χ3n) is 4.41. The molecule has 0 amide bonds. The number of allylic oxidation sites excluding steroid dienone is 2. The minimum absolute atomic E-state index is 0.614. The van der Waals surface area contributed by atoms with Crippen LogP contribution in [0.5, 0.6) is 0 Å². The molecule has 0 saturated heterocycles. The second kappa shape index (κ2) is 4.08. The lowest BCUT2D eigenvalue weighted by Gasteiger charge is -2.42. The van der Waals surface area contributed by atoms with Crippen molar-refractivity contribution in [2.45, 2.75) is 65.2 Å². The van der Waals surface area contributed by atoms with Crippen molar-refractivity contribution in [2.75, 3.05) is 0 Å². The zero-order valence-corrected chi connectivity index (χ0v) is 9.81. The summed E-state index contributed by atoms with van der Waals surface area (Å²) >= 11 is 0. The average molecular weight is 192 g/mol. The molecule has 0 heterocycles. The van der Waals surface area contributed by atoms with Gasteiger partial charge in [0.05, 0.1) is 0 Å². The van der Waals surface area contributed by atoms with E-state index in [0.29, 0.717) is 5.41 Å². The molecule has 2 aliphatic carbocycles. The van der Waals surface area contributed by atoms with E-state index in [1.807, 2.05) is 5.57 Å². The van der Waals surface area contributed by atoms with Crippen LogP contribution < -0.4 is 0 Å². The molecule has 0 aromatic heterocycles. The molecule has 1 unspecified atom stereocenters. The summed E-state index contributed by atoms with van der Waals surface area (Å²) < 4.78 is 0. The van der Waals surface area contributed by atoms with E-state index >= 15 is 0 Å². The standard InChI is InChI=1S/C14H24/c1-3-6-12-8-10-14(2)9-5-4-7-13(14)11-12/h7,12H,3-6,8-11H2,1-2H3/t12-,14?/m0/s1. The van der Waals surface area contributed by atoms with Crippen molar-refractivity contribution in [3.8, 4) is 0 Å². The van der Waals surface area contributed by atoms with E-state index in [2.05, 4.69) is 19.9 Å². The predicted octanol–water partition coefficient (Wildman–Crippen LogP) is 4.70. The number of rotatable bonds is 2. The highest BCUT2D eigenvalue weighted by molar-refractivity contribution is 5.19. The Hall–Kier alpha value is -0.260. The Labute approximate surface area is 88.8 Å². The molecule has 2 aliphatic rings. The van der Waals surface area contributed by atoms with Crippen LogP contribution in [-0.2, 0) is 0 Å². The van der Waals surface area contributed by atoms with Gasteiger partial charge in [-0.15, -0.1) is 0 Å². The van der Waals surface area contributed by atoms with E-state index in [1.54, 1.807) is 0 Å². The second-order valence-electron chi connectivity index (χ2n) is 5.58. The monoisotopic (exact) mass is 192 g/mol. The van der Waals surface area contributed by atoms with E-state index in [1.165, 1.54) is 51.4 Å². The van der Waals surface area contributed by atoms with E-state index in [9.17, 15) is 0 Å². The van der Waals surface area contributed by atoms with Crippen LogP contribution >= 0.6 is 0 Å². The van der Waals surface area contributed by atoms with Gasteiger partial charge in [-0.3, -0.25) is 0 Å². The Morgan fingerprint density at radius 2 is 2.29 bits per heavy atom. The number of fused-ring (bicyclic) bond motifs is 1. The highest BCUT2D eigenvalue weighted by Gasteiger charge is 2.35. The van der Waals surface area contributed by atoms with Gasteiger partial charge in [0.25, 0.3) is 0 Å². The van der Waals surface area contributed by atoms with E-state index in [-0.39, 0.29) is 0 Å². The molecular formula is C14H24. The van der Waals surface area contributed by atoms with Gasteiger partial charge in [0.2, 0.25) is 0 Å². The van der Waals surface area contributed by atoms with Gasteiger partial charge in [-0.2, -0.15) is 0 Å². The first-order valence-electron chi connectivity index (χ1n) is 6.44. The zero-order valence-electron chi connectivity index (χ0n) is 9.81. The van der Waals surface area contributed by atoms with Crippen molar-refractivity contribution in [1.82, 2.24) is 0 Å². The third kappa shape index (κ3) is 1.89. The highest BCUT2D eigenvalue weighted by atomic mass is 14.4. The molecule has 0 aliphatic heterocycles. The van der Waals surface area contributed by atoms with E-state index in [0.717, 1.165) is 5.92 Å². The van der Waals surface area contributed by atoms with Crippen LogP contribution in [0.4, 0.5) is 0 Å². The van der Waals surface area contributed by atoms with Gasteiger partial charge >= 0.3 is 0 Å². The molecular weight excluding hydrogens is 168 g/mol. The lowest BCUT2D eigenvalue weighted by Crippen LogP contribution is -2.29. The van der Waals surface area contributed by atoms with Gasteiger partial charge in [0.15, 0.2) is 0 Å². The van der Waals surface area contributed by atoms with Crippen LogP contribution in [0.3, 0.4) is 0 Å². The summed E-state index contributed by atoms with van der Waals surface area (Å²) in [5, 5.41) is 0. The van der Waals surface area contributed by atoms with Crippen molar-refractivity contribution in [2.24, 2.45) is 11.3 Å². The lowest BCUT2D eigenvalue weighted by molar-refractivity contribution is 0.213. The van der Waals surface area contributed by atoms with Gasteiger partial charge in [0, 0.05) is 0 Å². The van der Waals surface area contributed by atoms with Crippen LogP contribution in [0.15, 0.2) is 11.6 Å². The van der Waals surface area contributed by atoms with E-state index in [4.69, 9.17) is 0 Å². The number of hydrogen-bond donors (Lipinski definition) is 0. The van der Waals surface area contributed by atoms with Crippen molar-refractivity contribution in [3.63, 3.8) is 0 Å². The maximum absolute atomic E-state index is 2.56. The van der Waals surface area contributed by atoms with Crippen LogP contribution in [0.25, 0.3) is 0 Å². The summed E-state index contributed by atoms with van der Waals surface area (Å²) in [6.45, 7) is 4.82. The predicted molar refractivity (Wildman–Crippen MR) is 62.3 cm³/mol. The molecule has 0 aromatic rings. The fourth-order valence-electron chi connectivity index (χ4n) is 3.38. The molecule has 1 saturated carbocycles. The molecule has 0 heteroatoms. The van der Waals surface area contributed by atoms with Crippen LogP contribution in [-0.4, -0.2) is 0 Å². The van der Waals surface area contributed by atoms with Gasteiger partial charge in [-0.05, 0) is 49.9 Å². The second-order valence-corrected chi connectivity index (χ2v) is 5.58. The molecule has 2 atom stereocenters. The minimum Gasteiger partial charge on any atom is -0.0848 e. The molecule has 0 radical (unpaired) electrons. The molecule has 0 spiro atoms. The summed E-state index contributed by atoms with van der Waals surface area (Å²) in [7, 11) is 0. The van der Waals surface area contributed by atoms with Crippen LogP contribution in [0.2, 0.25) is 0 Å². The molecule has 80 valence electrons. The molecule has 1 fully saturated rings. The van der Waals surface area contributed by atoms with Crippen LogP contribution in [0.1, 0.15) is 65.2 Å². The fourth-order valence-corrected chi connectivity index (χ4v) is 3.38. The molecule has 14 heavy (non-hydrogen) atoms. The van der Waals surface area contributed by atoms with Gasteiger partial charge in [-0.1, -0.05) is 38.3 Å². The smallest absolute Gasteiger partial charge is 0.0116 e. The quantitative estimate of drug-likeness (QED) is 0.556.